The van der Waals surface area contributed by atoms with Gasteiger partial charge in [0.05, 0.1) is 0 Å². The molecule has 0 aromatic carbocycles. The molecular formula is C17H20F3N5O2. The van der Waals surface area contributed by atoms with Crippen molar-refractivity contribution in [2.75, 3.05) is 31.1 Å². The lowest BCUT2D eigenvalue weighted by atomic mass is 10.0. The monoisotopic (exact) mass is 383 g/mol. The Morgan fingerprint density at radius 2 is 1.81 bits per heavy atom. The van der Waals surface area contributed by atoms with Crippen LogP contribution in [0.2, 0.25) is 0 Å². The lowest BCUT2D eigenvalue weighted by Gasteiger charge is -2.36. The van der Waals surface area contributed by atoms with E-state index >= 15 is 0 Å². The van der Waals surface area contributed by atoms with Gasteiger partial charge in [0, 0.05) is 31.2 Å². The van der Waals surface area contributed by atoms with E-state index in [0.29, 0.717) is 36.7 Å². The molecule has 2 saturated heterocycles. The van der Waals surface area contributed by atoms with Gasteiger partial charge in [0.25, 0.3) is 5.91 Å². The van der Waals surface area contributed by atoms with E-state index in [2.05, 4.69) is 14.9 Å². The molecule has 146 valence electrons. The molecule has 10 heteroatoms. The molecule has 7 nitrogen and oxygen atoms in total. The van der Waals surface area contributed by atoms with Crippen LogP contribution in [0.5, 0.6) is 0 Å². The van der Waals surface area contributed by atoms with Crippen molar-refractivity contribution in [1.82, 2.24) is 19.8 Å². The third-order valence-corrected chi connectivity index (χ3v) is 5.25. The molecule has 3 aliphatic rings. The SMILES string of the molecule is O=C1CN(C2CCN(c3ccnc(C4CC4)n3)CC2)C(=O)N1CC(F)(F)F. The summed E-state index contributed by atoms with van der Waals surface area (Å²) >= 11 is 0. The molecule has 0 atom stereocenters. The first-order chi connectivity index (χ1) is 12.8. The molecule has 3 amide bonds. The third-order valence-electron chi connectivity index (χ3n) is 5.25. The number of carbonyl (C=O) groups is 2. The van der Waals surface area contributed by atoms with E-state index in [-0.39, 0.29) is 12.6 Å². The van der Waals surface area contributed by atoms with Crippen LogP contribution in [0.15, 0.2) is 12.3 Å². The van der Waals surface area contributed by atoms with Crippen LogP contribution in [0.1, 0.15) is 37.4 Å². The smallest absolute Gasteiger partial charge is 0.356 e. The highest BCUT2D eigenvalue weighted by molar-refractivity contribution is 6.02. The van der Waals surface area contributed by atoms with Crippen LogP contribution in [0, 0.1) is 0 Å². The fraction of sp³-hybridized carbons (Fsp3) is 0.647. The van der Waals surface area contributed by atoms with Gasteiger partial charge in [-0.3, -0.25) is 9.69 Å². The maximum Gasteiger partial charge on any atom is 0.406 e. The first kappa shape index (κ1) is 18.0. The Labute approximate surface area is 154 Å². The molecule has 1 aromatic rings. The van der Waals surface area contributed by atoms with Gasteiger partial charge in [-0.2, -0.15) is 13.2 Å². The second-order valence-corrected chi connectivity index (χ2v) is 7.27. The lowest BCUT2D eigenvalue weighted by molar-refractivity contribution is -0.151. The number of halogens is 3. The average Bonchev–Trinajstić information content (AvgIpc) is 3.44. The number of urea groups is 1. The Kier molecular flexibility index (Phi) is 4.43. The molecule has 1 aliphatic carbocycles. The van der Waals surface area contributed by atoms with Crippen molar-refractivity contribution < 1.29 is 22.8 Å². The van der Waals surface area contributed by atoms with Crippen molar-refractivity contribution in [1.29, 1.82) is 0 Å². The van der Waals surface area contributed by atoms with E-state index < -0.39 is 24.7 Å². The molecule has 27 heavy (non-hydrogen) atoms. The standard InChI is InChI=1S/C17H20F3N5O2/c18-17(19,20)10-25-14(26)9-24(16(25)27)12-4-7-23(8-5-12)13-3-6-21-15(22-13)11-1-2-11/h3,6,11-12H,1-2,4-5,7-10H2. The second-order valence-electron chi connectivity index (χ2n) is 7.27. The maximum absolute atomic E-state index is 12.6. The van der Waals surface area contributed by atoms with E-state index in [1.807, 2.05) is 6.07 Å². The molecule has 0 bridgehead atoms. The van der Waals surface area contributed by atoms with E-state index in [9.17, 15) is 22.8 Å². The molecule has 2 aliphatic heterocycles. The number of hydrogen-bond donors (Lipinski definition) is 0. The summed E-state index contributed by atoms with van der Waals surface area (Å²) in [6.45, 7) is -0.546. The number of amides is 3. The van der Waals surface area contributed by atoms with Crippen LogP contribution in [0.25, 0.3) is 0 Å². The van der Waals surface area contributed by atoms with Gasteiger partial charge in [0.2, 0.25) is 0 Å². The zero-order valence-electron chi connectivity index (χ0n) is 14.7. The molecule has 4 rings (SSSR count). The van der Waals surface area contributed by atoms with Crippen LogP contribution >= 0.6 is 0 Å². The summed E-state index contributed by atoms with van der Waals surface area (Å²) in [5, 5.41) is 0. The lowest BCUT2D eigenvalue weighted by Crippen LogP contribution is -2.47. The fourth-order valence-corrected chi connectivity index (χ4v) is 3.67. The van der Waals surface area contributed by atoms with Crippen molar-refractivity contribution in [3.8, 4) is 0 Å². The molecule has 0 unspecified atom stereocenters. The normalized spacial score (nSPS) is 22.1. The van der Waals surface area contributed by atoms with Gasteiger partial charge in [-0.25, -0.2) is 14.8 Å². The highest BCUT2D eigenvalue weighted by Crippen LogP contribution is 2.38. The minimum atomic E-state index is -4.59. The van der Waals surface area contributed by atoms with Crippen molar-refractivity contribution in [2.24, 2.45) is 0 Å². The van der Waals surface area contributed by atoms with Crippen molar-refractivity contribution in [3.63, 3.8) is 0 Å². The Morgan fingerprint density at radius 1 is 1.11 bits per heavy atom. The molecule has 3 fully saturated rings. The summed E-state index contributed by atoms with van der Waals surface area (Å²) in [4.78, 5) is 36.7. The first-order valence-electron chi connectivity index (χ1n) is 9.07. The molecule has 0 spiro atoms. The Balaban J connectivity index is 1.37. The Morgan fingerprint density at radius 3 is 2.44 bits per heavy atom. The summed E-state index contributed by atoms with van der Waals surface area (Å²) in [5.74, 6) is 1.37. The van der Waals surface area contributed by atoms with Crippen LogP contribution in [0.4, 0.5) is 23.8 Å². The quantitative estimate of drug-likeness (QED) is 0.746. The predicted molar refractivity (Wildman–Crippen MR) is 89.1 cm³/mol. The summed E-state index contributed by atoms with van der Waals surface area (Å²) in [7, 11) is 0. The summed E-state index contributed by atoms with van der Waals surface area (Å²) < 4.78 is 37.7. The molecule has 3 heterocycles. The van der Waals surface area contributed by atoms with Crippen molar-refractivity contribution in [2.45, 2.75) is 43.8 Å². The van der Waals surface area contributed by atoms with E-state index in [1.54, 1.807) is 6.20 Å². The summed E-state index contributed by atoms with van der Waals surface area (Å²) in [6, 6.07) is 0.774. The van der Waals surface area contributed by atoms with Crippen LogP contribution in [-0.2, 0) is 4.79 Å². The van der Waals surface area contributed by atoms with Crippen LogP contribution in [-0.4, -0.2) is 70.1 Å². The van der Waals surface area contributed by atoms with Gasteiger partial charge in [-0.05, 0) is 31.7 Å². The number of anilines is 1. The number of rotatable bonds is 4. The number of imide groups is 1. The number of piperidine rings is 1. The van der Waals surface area contributed by atoms with E-state index in [0.717, 1.165) is 24.5 Å². The third kappa shape index (κ3) is 3.84. The predicted octanol–water partition coefficient (Wildman–Crippen LogP) is 2.15. The Hall–Kier alpha value is -2.39. The van der Waals surface area contributed by atoms with Gasteiger partial charge in [-0.15, -0.1) is 0 Å². The highest BCUT2D eigenvalue weighted by atomic mass is 19.4. The van der Waals surface area contributed by atoms with Crippen LogP contribution in [0.3, 0.4) is 0 Å². The van der Waals surface area contributed by atoms with Gasteiger partial charge in [0.15, 0.2) is 0 Å². The largest absolute Gasteiger partial charge is 0.406 e. The highest BCUT2D eigenvalue weighted by Gasteiger charge is 2.45. The first-order valence-corrected chi connectivity index (χ1v) is 9.07. The van der Waals surface area contributed by atoms with Gasteiger partial charge in [-0.1, -0.05) is 0 Å². The van der Waals surface area contributed by atoms with E-state index in [4.69, 9.17) is 0 Å². The number of carbonyl (C=O) groups excluding carboxylic acids is 2. The number of nitrogens with zero attached hydrogens (tertiary/aromatic N) is 5. The maximum atomic E-state index is 12.6. The van der Waals surface area contributed by atoms with Crippen LogP contribution < -0.4 is 4.90 Å². The number of hydrogen-bond acceptors (Lipinski definition) is 5. The molecule has 1 saturated carbocycles. The second kappa shape index (κ2) is 6.65. The van der Waals surface area contributed by atoms with Gasteiger partial charge < -0.3 is 9.80 Å². The minimum Gasteiger partial charge on any atom is -0.356 e. The summed E-state index contributed by atoms with van der Waals surface area (Å²) in [5.41, 5.74) is 0. The molecular weight excluding hydrogens is 363 g/mol. The van der Waals surface area contributed by atoms with Crippen molar-refractivity contribution in [3.05, 3.63) is 18.1 Å². The Bertz CT molecular complexity index is 744. The zero-order chi connectivity index (χ0) is 19.2. The molecule has 0 N–H and O–H groups in total. The molecule has 1 aromatic heterocycles. The van der Waals surface area contributed by atoms with Crippen molar-refractivity contribution >= 4 is 17.8 Å². The van der Waals surface area contributed by atoms with Gasteiger partial charge >= 0.3 is 12.2 Å². The number of aromatic nitrogens is 2. The number of alkyl halides is 3. The minimum absolute atomic E-state index is 0.235. The topological polar surface area (TPSA) is 69.6 Å². The van der Waals surface area contributed by atoms with Gasteiger partial charge in [0.1, 0.15) is 24.7 Å². The fourth-order valence-electron chi connectivity index (χ4n) is 3.67. The van der Waals surface area contributed by atoms with E-state index in [1.165, 1.54) is 4.90 Å². The average molecular weight is 383 g/mol. The molecule has 0 radical (unpaired) electrons. The zero-order valence-corrected chi connectivity index (χ0v) is 14.7. The summed E-state index contributed by atoms with van der Waals surface area (Å²) in [6.07, 6.45) is 0.566.